The fourth-order valence-corrected chi connectivity index (χ4v) is 1.27. The molecule has 1 N–H and O–H groups in total. The van der Waals surface area contributed by atoms with Crippen molar-refractivity contribution in [2.45, 2.75) is 53.5 Å². The van der Waals surface area contributed by atoms with E-state index in [1.54, 1.807) is 0 Å². The second kappa shape index (κ2) is 7.95. The molecule has 5 nitrogen and oxygen atoms in total. The van der Waals surface area contributed by atoms with Crippen LogP contribution in [-0.4, -0.2) is 31.3 Å². The van der Waals surface area contributed by atoms with E-state index in [2.05, 4.69) is 5.32 Å². The van der Waals surface area contributed by atoms with Gasteiger partial charge in [0.05, 0.1) is 13.2 Å². The lowest BCUT2D eigenvalue weighted by molar-refractivity contribution is -0.148. The molecule has 0 saturated carbocycles. The van der Waals surface area contributed by atoms with E-state index in [-0.39, 0.29) is 0 Å². The maximum Gasteiger partial charge on any atom is 0.407 e. The molecule has 1 amide bonds. The molecule has 0 aromatic rings. The third-order valence-electron chi connectivity index (χ3n) is 2.25. The minimum atomic E-state index is -0.701. The van der Waals surface area contributed by atoms with Gasteiger partial charge in [0, 0.05) is 0 Å². The number of rotatable bonds is 6. The first kappa shape index (κ1) is 16.7. The molecule has 0 fully saturated rings. The van der Waals surface area contributed by atoms with Gasteiger partial charge in [-0.05, 0) is 18.3 Å². The van der Waals surface area contributed by atoms with Crippen LogP contribution in [0.25, 0.3) is 0 Å². The Balaban J connectivity index is 4.50. The van der Waals surface area contributed by atoms with E-state index in [0.717, 1.165) is 12.8 Å². The van der Waals surface area contributed by atoms with Gasteiger partial charge in [-0.25, -0.2) is 9.59 Å². The first-order chi connectivity index (χ1) is 8.32. The van der Waals surface area contributed by atoms with Crippen LogP contribution in [0.3, 0.4) is 0 Å². The first-order valence-corrected chi connectivity index (χ1v) is 6.42. The van der Waals surface area contributed by atoms with E-state index in [0.29, 0.717) is 13.2 Å². The van der Waals surface area contributed by atoms with Gasteiger partial charge in [-0.3, -0.25) is 0 Å². The summed E-state index contributed by atoms with van der Waals surface area (Å²) in [4.78, 5) is 23.4. The molecule has 0 aliphatic heterocycles. The van der Waals surface area contributed by atoms with Gasteiger partial charge in [0.2, 0.25) is 0 Å². The number of ether oxygens (including phenoxy) is 2. The van der Waals surface area contributed by atoms with Crippen LogP contribution < -0.4 is 5.32 Å². The van der Waals surface area contributed by atoms with Crippen LogP contribution in [0.5, 0.6) is 0 Å². The standard InChI is InChI=1S/C13H25NO4/c1-6-8-17-11(15)10(13(3,4)5)14-12(16)18-9-7-2/h10H,6-9H2,1-5H3,(H,14,16). The van der Waals surface area contributed by atoms with Gasteiger partial charge in [0.1, 0.15) is 6.04 Å². The monoisotopic (exact) mass is 259 g/mol. The Morgan fingerprint density at radius 1 is 1.06 bits per heavy atom. The molecule has 5 heteroatoms. The number of amides is 1. The molecular formula is C13H25NO4. The number of alkyl carbamates (subject to hydrolysis) is 1. The number of hydrogen-bond donors (Lipinski definition) is 1. The Morgan fingerprint density at radius 3 is 2.00 bits per heavy atom. The molecule has 0 radical (unpaired) electrons. The Labute approximate surface area is 109 Å². The topological polar surface area (TPSA) is 64.6 Å². The number of carbonyl (C=O) groups is 2. The summed E-state index contributed by atoms with van der Waals surface area (Å²) in [6.45, 7) is 10.1. The van der Waals surface area contributed by atoms with Crippen LogP contribution in [0.15, 0.2) is 0 Å². The highest BCUT2D eigenvalue weighted by Crippen LogP contribution is 2.20. The van der Waals surface area contributed by atoms with Crippen LogP contribution in [0.4, 0.5) is 4.79 Å². The van der Waals surface area contributed by atoms with Gasteiger partial charge in [0.25, 0.3) is 0 Å². The lowest BCUT2D eigenvalue weighted by Crippen LogP contribution is -2.50. The minimum absolute atomic E-state index is 0.340. The largest absolute Gasteiger partial charge is 0.464 e. The lowest BCUT2D eigenvalue weighted by atomic mass is 9.87. The van der Waals surface area contributed by atoms with Gasteiger partial charge in [-0.15, -0.1) is 0 Å². The Morgan fingerprint density at radius 2 is 1.56 bits per heavy atom. The molecule has 106 valence electrons. The van der Waals surface area contributed by atoms with E-state index in [9.17, 15) is 9.59 Å². The van der Waals surface area contributed by atoms with Crippen molar-refractivity contribution in [2.24, 2.45) is 5.41 Å². The summed E-state index contributed by atoms with van der Waals surface area (Å²) in [5.74, 6) is -0.419. The molecule has 0 heterocycles. The van der Waals surface area contributed by atoms with Crippen LogP contribution in [0, 0.1) is 5.41 Å². The molecule has 0 bridgehead atoms. The molecule has 1 unspecified atom stereocenters. The average Bonchev–Trinajstić information content (AvgIpc) is 2.28. The molecule has 0 aliphatic rings. The van der Waals surface area contributed by atoms with Gasteiger partial charge in [-0.2, -0.15) is 0 Å². The van der Waals surface area contributed by atoms with Crippen LogP contribution in [0.2, 0.25) is 0 Å². The van der Waals surface area contributed by atoms with Crippen molar-refractivity contribution in [2.75, 3.05) is 13.2 Å². The second-order valence-electron chi connectivity index (χ2n) is 5.25. The van der Waals surface area contributed by atoms with Gasteiger partial charge in [-0.1, -0.05) is 34.6 Å². The molecule has 0 aromatic carbocycles. The smallest absolute Gasteiger partial charge is 0.407 e. The quantitative estimate of drug-likeness (QED) is 0.744. The predicted molar refractivity (Wildman–Crippen MR) is 69.3 cm³/mol. The van der Waals surface area contributed by atoms with Gasteiger partial charge < -0.3 is 14.8 Å². The Kier molecular flexibility index (Phi) is 7.39. The fraction of sp³-hybridized carbons (Fsp3) is 0.846. The zero-order chi connectivity index (χ0) is 14.2. The maximum atomic E-state index is 11.9. The van der Waals surface area contributed by atoms with Crippen molar-refractivity contribution in [3.63, 3.8) is 0 Å². The number of esters is 1. The summed E-state index contributed by atoms with van der Waals surface area (Å²) < 4.78 is 9.99. The van der Waals surface area contributed by atoms with Crippen LogP contribution in [0.1, 0.15) is 47.5 Å². The zero-order valence-corrected chi connectivity index (χ0v) is 12.0. The second-order valence-corrected chi connectivity index (χ2v) is 5.25. The van der Waals surface area contributed by atoms with Gasteiger partial charge >= 0.3 is 12.1 Å². The molecule has 0 rings (SSSR count). The molecule has 0 aromatic heterocycles. The highest BCUT2D eigenvalue weighted by atomic mass is 16.6. The average molecular weight is 259 g/mol. The van der Waals surface area contributed by atoms with E-state index in [1.807, 2.05) is 34.6 Å². The lowest BCUT2D eigenvalue weighted by Gasteiger charge is -2.29. The summed E-state index contributed by atoms with van der Waals surface area (Å²) >= 11 is 0. The zero-order valence-electron chi connectivity index (χ0n) is 12.0. The molecule has 1 atom stereocenters. The summed E-state index contributed by atoms with van der Waals surface area (Å²) in [5.41, 5.74) is -0.421. The van der Waals surface area contributed by atoms with E-state index >= 15 is 0 Å². The van der Waals surface area contributed by atoms with Crippen molar-refractivity contribution >= 4 is 12.1 Å². The fourth-order valence-electron chi connectivity index (χ4n) is 1.27. The summed E-state index contributed by atoms with van der Waals surface area (Å²) in [6, 6.07) is -0.701. The predicted octanol–water partition coefficient (Wildman–Crippen LogP) is 2.49. The minimum Gasteiger partial charge on any atom is -0.464 e. The number of hydrogen-bond acceptors (Lipinski definition) is 4. The third-order valence-corrected chi connectivity index (χ3v) is 2.25. The van der Waals surface area contributed by atoms with Gasteiger partial charge in [0.15, 0.2) is 0 Å². The summed E-state index contributed by atoms with van der Waals surface area (Å²) in [5, 5.41) is 2.56. The molecule has 0 saturated heterocycles. The summed E-state index contributed by atoms with van der Waals surface area (Å²) in [6.07, 6.45) is 0.918. The molecule has 0 aliphatic carbocycles. The van der Waals surface area contributed by atoms with E-state index < -0.39 is 23.5 Å². The van der Waals surface area contributed by atoms with Crippen molar-refractivity contribution in [3.8, 4) is 0 Å². The highest BCUT2D eigenvalue weighted by molar-refractivity contribution is 5.82. The highest BCUT2D eigenvalue weighted by Gasteiger charge is 2.34. The normalized spacial score (nSPS) is 12.7. The molecule has 18 heavy (non-hydrogen) atoms. The van der Waals surface area contributed by atoms with Crippen LogP contribution >= 0.6 is 0 Å². The first-order valence-electron chi connectivity index (χ1n) is 6.42. The van der Waals surface area contributed by atoms with E-state index in [1.165, 1.54) is 0 Å². The van der Waals surface area contributed by atoms with E-state index in [4.69, 9.17) is 9.47 Å². The van der Waals surface area contributed by atoms with Crippen molar-refractivity contribution in [3.05, 3.63) is 0 Å². The molecule has 0 spiro atoms. The third kappa shape index (κ3) is 6.47. The SMILES string of the molecule is CCCOC(=O)NC(C(=O)OCCC)C(C)(C)C. The Bertz CT molecular complexity index is 271. The number of nitrogens with one attached hydrogen (secondary N) is 1. The number of carbonyl (C=O) groups excluding carboxylic acids is 2. The van der Waals surface area contributed by atoms with Crippen molar-refractivity contribution in [1.29, 1.82) is 0 Å². The van der Waals surface area contributed by atoms with Crippen molar-refractivity contribution < 1.29 is 19.1 Å². The Hall–Kier alpha value is -1.26. The molecular weight excluding hydrogens is 234 g/mol. The summed E-state index contributed by atoms with van der Waals surface area (Å²) in [7, 11) is 0. The van der Waals surface area contributed by atoms with Crippen LogP contribution in [-0.2, 0) is 14.3 Å². The van der Waals surface area contributed by atoms with Crippen molar-refractivity contribution in [1.82, 2.24) is 5.32 Å². The maximum absolute atomic E-state index is 11.9.